The lowest BCUT2D eigenvalue weighted by atomic mass is 10.2. The van der Waals surface area contributed by atoms with Crippen LogP contribution in [0, 0.1) is 6.92 Å². The minimum Gasteiger partial charge on any atom is -0.333 e. The van der Waals surface area contributed by atoms with Gasteiger partial charge in [0.1, 0.15) is 5.01 Å². The van der Waals surface area contributed by atoms with Crippen molar-refractivity contribution in [3.05, 3.63) is 48.0 Å². The summed E-state index contributed by atoms with van der Waals surface area (Å²) < 4.78 is 1.17. The first-order chi connectivity index (χ1) is 14.1. The van der Waals surface area contributed by atoms with E-state index in [4.69, 9.17) is 4.98 Å². The van der Waals surface area contributed by atoms with E-state index < -0.39 is 0 Å². The topological polar surface area (TPSA) is 66.9 Å². The van der Waals surface area contributed by atoms with Crippen LogP contribution in [0.2, 0.25) is 0 Å². The Morgan fingerprint density at radius 2 is 1.83 bits per heavy atom. The monoisotopic (exact) mass is 406 g/mol. The van der Waals surface area contributed by atoms with Crippen LogP contribution in [-0.4, -0.2) is 28.9 Å². The maximum atomic E-state index is 12.9. The highest BCUT2D eigenvalue weighted by Gasteiger charge is 2.43. The Kier molecular flexibility index (Phi) is 4.68. The number of aromatic nitrogens is 1. The van der Waals surface area contributed by atoms with Gasteiger partial charge < -0.3 is 5.32 Å². The number of quaternary nitrogens is 1. The van der Waals surface area contributed by atoms with Crippen LogP contribution in [0.3, 0.4) is 0 Å². The summed E-state index contributed by atoms with van der Waals surface area (Å²) in [6.45, 7) is 2.08. The lowest BCUT2D eigenvalue weighted by molar-refractivity contribution is -0.706. The van der Waals surface area contributed by atoms with Gasteiger partial charge in [0.2, 0.25) is 5.91 Å². The van der Waals surface area contributed by atoms with Crippen LogP contribution in [0.5, 0.6) is 0 Å². The summed E-state index contributed by atoms with van der Waals surface area (Å²) >= 11 is 1.66. The summed E-state index contributed by atoms with van der Waals surface area (Å²) in [5.74, 6) is -0.178. The van der Waals surface area contributed by atoms with Crippen molar-refractivity contribution in [2.24, 2.45) is 0 Å². The van der Waals surface area contributed by atoms with Crippen LogP contribution in [-0.2, 0) is 9.59 Å². The number of thiazole rings is 1. The Balaban J connectivity index is 1.36. The predicted octanol–water partition coefficient (Wildman–Crippen LogP) is 3.41. The Morgan fingerprint density at radius 3 is 2.59 bits per heavy atom. The maximum Gasteiger partial charge on any atom is 0.292 e. The molecule has 148 valence electrons. The van der Waals surface area contributed by atoms with Gasteiger partial charge in [-0.2, -0.15) is 0 Å². The second-order valence-corrected chi connectivity index (χ2v) is 9.18. The van der Waals surface area contributed by atoms with Gasteiger partial charge in [0.25, 0.3) is 5.91 Å². The molecule has 2 aliphatic rings. The zero-order chi connectivity index (χ0) is 20.0. The lowest BCUT2D eigenvalue weighted by Crippen LogP contribution is -2.95. The smallest absolute Gasteiger partial charge is 0.292 e. The zero-order valence-corrected chi connectivity index (χ0v) is 17.2. The number of aryl methyl sites for hydroxylation is 1. The molecule has 1 aliphatic carbocycles. The summed E-state index contributed by atoms with van der Waals surface area (Å²) in [5, 5.41) is 3.08. The van der Waals surface area contributed by atoms with E-state index in [1.54, 1.807) is 11.3 Å². The Bertz CT molecular complexity index is 1080. The second-order valence-electron chi connectivity index (χ2n) is 8.15. The highest BCUT2D eigenvalue weighted by Crippen LogP contribution is 2.32. The highest BCUT2D eigenvalue weighted by atomic mass is 32.1. The third kappa shape index (κ3) is 3.47. The molecule has 1 saturated carbocycles. The van der Waals surface area contributed by atoms with Crippen molar-refractivity contribution < 1.29 is 14.9 Å². The number of nitrogens with two attached hydrogens (primary N) is 1. The molecule has 6 heteroatoms. The van der Waals surface area contributed by atoms with Crippen molar-refractivity contribution in [3.63, 3.8) is 0 Å². The number of benzene rings is 2. The third-order valence-electron chi connectivity index (χ3n) is 6.00. The van der Waals surface area contributed by atoms with Gasteiger partial charge in [-0.05, 0) is 74.6 Å². The normalized spacial score (nSPS) is 20.3. The van der Waals surface area contributed by atoms with Crippen LogP contribution in [0.25, 0.3) is 20.8 Å². The van der Waals surface area contributed by atoms with E-state index in [1.165, 1.54) is 28.0 Å². The Morgan fingerprint density at radius 1 is 1.07 bits per heavy atom. The molecule has 1 aromatic heterocycles. The number of fused-ring (bicyclic) bond motifs is 1. The average molecular weight is 407 g/mol. The fraction of sp³-hybridized carbons (Fsp3) is 0.348. The molecule has 2 heterocycles. The van der Waals surface area contributed by atoms with Crippen LogP contribution in [0.4, 0.5) is 5.69 Å². The first-order valence-electron chi connectivity index (χ1n) is 10.3. The minimum atomic E-state index is -0.266. The number of hydrogen-bond donors (Lipinski definition) is 1. The number of amides is 2. The van der Waals surface area contributed by atoms with E-state index in [2.05, 4.69) is 24.4 Å². The van der Waals surface area contributed by atoms with Crippen molar-refractivity contribution in [1.82, 2.24) is 4.98 Å². The molecule has 5 rings (SSSR count). The van der Waals surface area contributed by atoms with Gasteiger partial charge in [-0.25, -0.2) is 9.88 Å². The quantitative estimate of drug-likeness (QED) is 0.675. The predicted molar refractivity (Wildman–Crippen MR) is 115 cm³/mol. The minimum absolute atomic E-state index is 0.0786. The summed E-state index contributed by atoms with van der Waals surface area (Å²) in [6.07, 6.45) is 5.05. The van der Waals surface area contributed by atoms with Crippen molar-refractivity contribution >= 4 is 39.1 Å². The molecule has 2 fully saturated rings. The molecule has 0 bridgehead atoms. The molecule has 1 aliphatic heterocycles. The van der Waals surface area contributed by atoms with Gasteiger partial charge in [-0.3, -0.25) is 9.59 Å². The number of carbonyl (C=O) groups excluding carboxylic acids is 2. The van der Waals surface area contributed by atoms with Gasteiger partial charge in [0.05, 0.1) is 28.4 Å². The van der Waals surface area contributed by atoms with E-state index in [9.17, 15) is 9.59 Å². The number of hydrogen-bond acceptors (Lipinski definition) is 4. The van der Waals surface area contributed by atoms with E-state index in [0.717, 1.165) is 28.9 Å². The molecular weight excluding hydrogens is 382 g/mol. The number of imide groups is 1. The third-order valence-corrected chi connectivity index (χ3v) is 7.07. The summed E-state index contributed by atoms with van der Waals surface area (Å²) in [5.41, 5.74) is 3.87. The van der Waals surface area contributed by atoms with Crippen molar-refractivity contribution in [1.29, 1.82) is 0 Å². The van der Waals surface area contributed by atoms with Gasteiger partial charge in [-0.1, -0.05) is 6.07 Å². The molecule has 5 nitrogen and oxygen atoms in total. The van der Waals surface area contributed by atoms with Crippen LogP contribution >= 0.6 is 11.3 Å². The lowest BCUT2D eigenvalue weighted by Gasteiger charge is -2.16. The van der Waals surface area contributed by atoms with Crippen molar-refractivity contribution in [3.8, 4) is 10.6 Å². The maximum absolute atomic E-state index is 12.9. The number of anilines is 1. The van der Waals surface area contributed by atoms with E-state index in [1.807, 2.05) is 30.3 Å². The van der Waals surface area contributed by atoms with Crippen LogP contribution in [0.1, 0.15) is 37.7 Å². The molecular formula is C23H24N3O2S+. The van der Waals surface area contributed by atoms with E-state index >= 15 is 0 Å². The molecule has 2 N–H and O–H groups in total. The molecule has 0 unspecified atom stereocenters. The second kappa shape index (κ2) is 7.35. The number of rotatable bonds is 4. The first kappa shape index (κ1) is 18.5. The van der Waals surface area contributed by atoms with E-state index in [-0.39, 0.29) is 17.9 Å². The molecule has 1 atom stereocenters. The summed E-state index contributed by atoms with van der Waals surface area (Å²) in [4.78, 5) is 31.5. The Labute approximate surface area is 173 Å². The SMILES string of the molecule is Cc1ccc2nc(-c3ccc(N4C(=O)C[C@H]([NH2+]C5CCCC5)C4=O)cc3)sc2c1. The molecule has 3 aromatic rings. The van der Waals surface area contributed by atoms with Gasteiger partial charge in [-0.15, -0.1) is 11.3 Å². The average Bonchev–Trinajstić information content (AvgIpc) is 3.42. The fourth-order valence-corrected chi connectivity index (χ4v) is 5.53. The van der Waals surface area contributed by atoms with Crippen molar-refractivity contribution in [2.45, 2.75) is 51.1 Å². The highest BCUT2D eigenvalue weighted by molar-refractivity contribution is 7.21. The summed E-state index contributed by atoms with van der Waals surface area (Å²) in [6, 6.07) is 14.1. The first-order valence-corrected chi connectivity index (χ1v) is 11.1. The number of carbonyl (C=O) groups is 2. The molecule has 2 aromatic carbocycles. The van der Waals surface area contributed by atoms with Crippen molar-refractivity contribution in [2.75, 3.05) is 4.90 Å². The Hall–Kier alpha value is -2.57. The molecule has 29 heavy (non-hydrogen) atoms. The van der Waals surface area contributed by atoms with Gasteiger partial charge in [0, 0.05) is 5.56 Å². The summed E-state index contributed by atoms with van der Waals surface area (Å²) in [7, 11) is 0. The number of nitrogens with zero attached hydrogens (tertiary/aromatic N) is 2. The standard InChI is InChI=1S/C23H23N3O2S/c1-14-6-11-18-20(12-14)29-22(25-18)15-7-9-17(10-8-15)26-21(27)13-19(23(26)28)24-16-4-2-3-5-16/h6-12,16,19,24H,2-5,13H2,1H3/p+1/t19-/m0/s1. The molecule has 0 radical (unpaired) electrons. The molecule has 0 spiro atoms. The van der Waals surface area contributed by atoms with Gasteiger partial charge in [0.15, 0.2) is 6.04 Å². The largest absolute Gasteiger partial charge is 0.333 e. The van der Waals surface area contributed by atoms with Crippen LogP contribution < -0.4 is 10.2 Å². The fourth-order valence-electron chi connectivity index (χ4n) is 4.46. The van der Waals surface area contributed by atoms with Crippen LogP contribution in [0.15, 0.2) is 42.5 Å². The van der Waals surface area contributed by atoms with E-state index in [0.29, 0.717) is 18.2 Å². The van der Waals surface area contributed by atoms with Gasteiger partial charge >= 0.3 is 0 Å². The molecule has 1 saturated heterocycles. The zero-order valence-electron chi connectivity index (χ0n) is 16.4. The molecule has 2 amide bonds.